The van der Waals surface area contributed by atoms with Gasteiger partial charge in [0.05, 0.1) is 16.0 Å². The normalized spacial score (nSPS) is 11.9. The summed E-state index contributed by atoms with van der Waals surface area (Å²) in [6.07, 6.45) is -2.14. The molecule has 0 fully saturated rings. The lowest BCUT2D eigenvalue weighted by molar-refractivity contribution is -0.170. The van der Waals surface area contributed by atoms with Gasteiger partial charge in [-0.25, -0.2) is 4.79 Å². The molecule has 20 heavy (non-hydrogen) atoms. The second kappa shape index (κ2) is 7.36. The molecular weight excluding hydrogens is 307 g/mol. The van der Waals surface area contributed by atoms with Crippen LogP contribution < -0.4 is 4.74 Å². The Bertz CT molecular complexity index is 481. The Hall–Kier alpha value is -1.46. The molecule has 0 spiro atoms. The minimum Gasteiger partial charge on any atom is -0.425 e. The summed E-state index contributed by atoms with van der Waals surface area (Å²) < 4.78 is 14.5. The van der Waals surface area contributed by atoms with Crippen molar-refractivity contribution in [1.82, 2.24) is 0 Å². The molecule has 110 valence electrons. The van der Waals surface area contributed by atoms with E-state index in [4.69, 9.17) is 37.4 Å². The number of para-hydroxylation sites is 1. The van der Waals surface area contributed by atoms with E-state index in [-0.39, 0.29) is 21.7 Å². The lowest BCUT2D eigenvalue weighted by atomic mass is 10.2. The molecule has 5 nitrogen and oxygen atoms in total. The molecule has 0 N–H and O–H groups in total. The van der Waals surface area contributed by atoms with Gasteiger partial charge >= 0.3 is 12.1 Å². The standard InChI is InChI=1S/C13H14Cl2O5/c1-7(2)12(16)18-8(3)19-13(17)20-11-9(14)5-4-6-10(11)15/h4-8H,1-3H3. The van der Waals surface area contributed by atoms with Gasteiger partial charge in [0.1, 0.15) is 0 Å². The van der Waals surface area contributed by atoms with Gasteiger partial charge in [-0.3, -0.25) is 4.79 Å². The van der Waals surface area contributed by atoms with Crippen LogP contribution in [0.5, 0.6) is 5.75 Å². The van der Waals surface area contributed by atoms with Crippen LogP contribution in [0.15, 0.2) is 18.2 Å². The lowest BCUT2D eigenvalue weighted by Crippen LogP contribution is -2.25. The monoisotopic (exact) mass is 320 g/mol. The van der Waals surface area contributed by atoms with Gasteiger partial charge in [-0.1, -0.05) is 43.1 Å². The van der Waals surface area contributed by atoms with E-state index in [0.717, 1.165) is 0 Å². The van der Waals surface area contributed by atoms with Crippen molar-refractivity contribution in [3.05, 3.63) is 28.2 Å². The summed E-state index contributed by atoms with van der Waals surface area (Å²) in [6.45, 7) is 4.73. The number of benzene rings is 1. The molecule has 1 rings (SSSR count). The fourth-order valence-electron chi connectivity index (χ4n) is 1.15. The first-order valence-electron chi connectivity index (χ1n) is 5.84. The quantitative estimate of drug-likeness (QED) is 0.475. The topological polar surface area (TPSA) is 61.8 Å². The molecule has 0 bridgehead atoms. The molecule has 1 aromatic rings. The molecule has 0 aliphatic rings. The summed E-state index contributed by atoms with van der Waals surface area (Å²) in [6, 6.07) is 4.63. The molecule has 0 radical (unpaired) electrons. The van der Waals surface area contributed by atoms with Crippen LogP contribution in [0.4, 0.5) is 4.79 Å². The molecular formula is C13H14Cl2O5. The fraction of sp³-hybridized carbons (Fsp3) is 0.385. The maximum atomic E-state index is 11.5. The third kappa shape index (κ3) is 4.90. The highest BCUT2D eigenvalue weighted by Crippen LogP contribution is 2.32. The number of ether oxygens (including phenoxy) is 3. The fourth-order valence-corrected chi connectivity index (χ4v) is 1.62. The van der Waals surface area contributed by atoms with E-state index in [1.54, 1.807) is 19.9 Å². The largest absolute Gasteiger partial charge is 0.517 e. The zero-order valence-electron chi connectivity index (χ0n) is 11.2. The highest BCUT2D eigenvalue weighted by Gasteiger charge is 2.19. The second-order valence-electron chi connectivity index (χ2n) is 4.18. The summed E-state index contributed by atoms with van der Waals surface area (Å²) in [4.78, 5) is 22.8. The molecule has 7 heteroatoms. The van der Waals surface area contributed by atoms with Gasteiger partial charge in [0.25, 0.3) is 0 Å². The van der Waals surface area contributed by atoms with Crippen LogP contribution >= 0.6 is 23.2 Å². The molecule has 0 saturated carbocycles. The summed E-state index contributed by atoms with van der Waals surface area (Å²) >= 11 is 11.7. The molecule has 1 atom stereocenters. The summed E-state index contributed by atoms with van der Waals surface area (Å²) in [5, 5.41) is 0.336. The van der Waals surface area contributed by atoms with Crippen LogP contribution in [0.25, 0.3) is 0 Å². The summed E-state index contributed by atoms with van der Waals surface area (Å²) in [5.41, 5.74) is 0. The SMILES string of the molecule is CC(OC(=O)Oc1c(Cl)cccc1Cl)OC(=O)C(C)C. The number of carbonyl (C=O) groups is 2. The molecule has 0 heterocycles. The van der Waals surface area contributed by atoms with Crippen LogP contribution in [-0.2, 0) is 14.3 Å². The van der Waals surface area contributed by atoms with E-state index < -0.39 is 18.4 Å². The van der Waals surface area contributed by atoms with Crippen molar-refractivity contribution in [2.45, 2.75) is 27.1 Å². The molecule has 0 aliphatic carbocycles. The average molecular weight is 321 g/mol. The van der Waals surface area contributed by atoms with Crippen molar-refractivity contribution in [2.75, 3.05) is 0 Å². The van der Waals surface area contributed by atoms with E-state index in [9.17, 15) is 9.59 Å². The van der Waals surface area contributed by atoms with Crippen LogP contribution in [0, 0.1) is 5.92 Å². The second-order valence-corrected chi connectivity index (χ2v) is 4.99. The van der Waals surface area contributed by atoms with Gasteiger partial charge in [-0.05, 0) is 12.1 Å². The van der Waals surface area contributed by atoms with Gasteiger partial charge in [-0.2, -0.15) is 0 Å². The molecule has 0 aliphatic heterocycles. The van der Waals surface area contributed by atoms with Gasteiger partial charge < -0.3 is 14.2 Å². The Morgan fingerprint density at radius 1 is 1.05 bits per heavy atom. The first-order chi connectivity index (χ1) is 9.31. The first-order valence-corrected chi connectivity index (χ1v) is 6.59. The maximum Gasteiger partial charge on any atom is 0.517 e. The average Bonchev–Trinajstić information content (AvgIpc) is 2.33. The Balaban J connectivity index is 2.58. The van der Waals surface area contributed by atoms with E-state index in [2.05, 4.69) is 0 Å². The Kier molecular flexibility index (Phi) is 6.10. The number of hydrogen-bond acceptors (Lipinski definition) is 5. The third-order valence-corrected chi connectivity index (χ3v) is 2.72. The molecule has 1 aromatic carbocycles. The highest BCUT2D eigenvalue weighted by molar-refractivity contribution is 6.37. The number of esters is 1. The van der Waals surface area contributed by atoms with Gasteiger partial charge in [0.2, 0.25) is 6.29 Å². The van der Waals surface area contributed by atoms with Crippen LogP contribution in [0.2, 0.25) is 10.0 Å². The summed E-state index contributed by atoms with van der Waals surface area (Å²) in [5.74, 6) is -0.820. The van der Waals surface area contributed by atoms with Crippen molar-refractivity contribution in [2.24, 2.45) is 5.92 Å². The molecule has 0 aromatic heterocycles. The van der Waals surface area contributed by atoms with E-state index in [1.165, 1.54) is 19.1 Å². The molecule has 0 saturated heterocycles. The van der Waals surface area contributed by atoms with Gasteiger partial charge in [-0.15, -0.1) is 0 Å². The number of carbonyl (C=O) groups excluding carboxylic acids is 2. The van der Waals surface area contributed by atoms with Gasteiger partial charge in [0.15, 0.2) is 5.75 Å². The van der Waals surface area contributed by atoms with Crippen LogP contribution in [0.1, 0.15) is 20.8 Å². The minimum absolute atomic E-state index is 0.0109. The lowest BCUT2D eigenvalue weighted by Gasteiger charge is -2.15. The van der Waals surface area contributed by atoms with Crippen molar-refractivity contribution in [1.29, 1.82) is 0 Å². The van der Waals surface area contributed by atoms with E-state index >= 15 is 0 Å². The van der Waals surface area contributed by atoms with E-state index in [1.807, 2.05) is 0 Å². The van der Waals surface area contributed by atoms with Crippen molar-refractivity contribution in [3.8, 4) is 5.75 Å². The zero-order valence-corrected chi connectivity index (χ0v) is 12.7. The Labute approximate surface area is 126 Å². The van der Waals surface area contributed by atoms with Gasteiger partial charge in [0, 0.05) is 6.92 Å². The molecule has 1 unspecified atom stereocenters. The smallest absolute Gasteiger partial charge is 0.425 e. The first kappa shape index (κ1) is 16.6. The summed E-state index contributed by atoms with van der Waals surface area (Å²) in [7, 11) is 0. The predicted octanol–water partition coefficient (Wildman–Crippen LogP) is 4.05. The zero-order chi connectivity index (χ0) is 15.3. The third-order valence-electron chi connectivity index (χ3n) is 2.12. The number of hydrogen-bond donors (Lipinski definition) is 0. The van der Waals surface area contributed by atoms with Crippen LogP contribution in [-0.4, -0.2) is 18.4 Å². The van der Waals surface area contributed by atoms with Crippen LogP contribution in [0.3, 0.4) is 0 Å². The molecule has 0 amide bonds. The Morgan fingerprint density at radius 3 is 2.10 bits per heavy atom. The maximum absolute atomic E-state index is 11.5. The van der Waals surface area contributed by atoms with Crippen molar-refractivity contribution >= 4 is 35.3 Å². The highest BCUT2D eigenvalue weighted by atomic mass is 35.5. The van der Waals surface area contributed by atoms with Crippen molar-refractivity contribution in [3.63, 3.8) is 0 Å². The van der Waals surface area contributed by atoms with Crippen molar-refractivity contribution < 1.29 is 23.8 Å². The number of halogens is 2. The predicted molar refractivity (Wildman–Crippen MR) is 74.0 cm³/mol. The van der Waals surface area contributed by atoms with E-state index in [0.29, 0.717) is 0 Å². The number of rotatable bonds is 4. The minimum atomic E-state index is -1.07. The Morgan fingerprint density at radius 2 is 1.60 bits per heavy atom.